The molecule has 1 N–H and O–H groups in total. The minimum atomic E-state index is -0.182. The number of carbonyl (C=O) groups is 1. The highest BCUT2D eigenvalue weighted by Gasteiger charge is 2.19. The molecule has 0 spiro atoms. The highest BCUT2D eigenvalue weighted by molar-refractivity contribution is 5.81. The number of hydrogen-bond donors (Lipinski definition) is 1. The zero-order chi connectivity index (χ0) is 18.6. The van der Waals surface area contributed by atoms with Crippen LogP contribution in [0.2, 0.25) is 0 Å². The number of benzene rings is 2. The minimum Gasteiger partial charge on any atom is -0.352 e. The van der Waals surface area contributed by atoms with Gasteiger partial charge in [-0.05, 0) is 25.0 Å². The summed E-state index contributed by atoms with van der Waals surface area (Å²) in [6.07, 6.45) is 5.57. The summed E-state index contributed by atoms with van der Waals surface area (Å²) in [6.45, 7) is -0.0165. The molecular formula is C22H23N3O2. The van der Waals surface area contributed by atoms with E-state index in [9.17, 15) is 9.59 Å². The maximum atomic E-state index is 13.1. The van der Waals surface area contributed by atoms with E-state index in [-0.39, 0.29) is 24.1 Å². The SMILES string of the molecule is O=C(Cn1c(-c2ccccc2)nc2ccccc2c1=O)NC1CCCCC1. The molecule has 0 atom stereocenters. The normalized spacial score (nSPS) is 15.0. The van der Waals surface area contributed by atoms with Gasteiger partial charge in [0.2, 0.25) is 5.91 Å². The van der Waals surface area contributed by atoms with Gasteiger partial charge in [0.05, 0.1) is 10.9 Å². The van der Waals surface area contributed by atoms with Gasteiger partial charge in [0, 0.05) is 11.6 Å². The van der Waals surface area contributed by atoms with Gasteiger partial charge in [0.1, 0.15) is 12.4 Å². The largest absolute Gasteiger partial charge is 0.352 e. The smallest absolute Gasteiger partial charge is 0.262 e. The van der Waals surface area contributed by atoms with Crippen LogP contribution in [0.5, 0.6) is 0 Å². The summed E-state index contributed by atoms with van der Waals surface area (Å²) in [4.78, 5) is 30.4. The van der Waals surface area contributed by atoms with Gasteiger partial charge in [0.15, 0.2) is 0 Å². The molecule has 3 aromatic rings. The van der Waals surface area contributed by atoms with Gasteiger partial charge in [-0.2, -0.15) is 0 Å². The van der Waals surface area contributed by atoms with Crippen LogP contribution in [0.15, 0.2) is 59.4 Å². The Morgan fingerprint density at radius 1 is 1.00 bits per heavy atom. The van der Waals surface area contributed by atoms with Crippen LogP contribution in [0.25, 0.3) is 22.3 Å². The molecule has 27 heavy (non-hydrogen) atoms. The predicted octanol–water partition coefficient (Wildman–Crippen LogP) is 3.51. The van der Waals surface area contributed by atoms with Gasteiger partial charge < -0.3 is 5.32 Å². The summed E-state index contributed by atoms with van der Waals surface area (Å²) in [7, 11) is 0. The Morgan fingerprint density at radius 3 is 2.48 bits per heavy atom. The van der Waals surface area contributed by atoms with Crippen molar-refractivity contribution in [1.82, 2.24) is 14.9 Å². The van der Waals surface area contributed by atoms with Crippen molar-refractivity contribution in [2.75, 3.05) is 0 Å². The molecule has 1 aliphatic rings. The van der Waals surface area contributed by atoms with Crippen molar-refractivity contribution in [1.29, 1.82) is 0 Å². The van der Waals surface area contributed by atoms with Gasteiger partial charge in [-0.25, -0.2) is 4.98 Å². The molecule has 138 valence electrons. The van der Waals surface area contributed by atoms with Gasteiger partial charge in [-0.1, -0.05) is 61.7 Å². The summed E-state index contributed by atoms with van der Waals surface area (Å²) < 4.78 is 1.50. The third-order valence-electron chi connectivity index (χ3n) is 5.17. The Kier molecular flexibility index (Phi) is 5.01. The molecule has 0 unspecified atom stereocenters. The zero-order valence-electron chi connectivity index (χ0n) is 15.2. The molecular weight excluding hydrogens is 338 g/mol. The fraction of sp³-hybridized carbons (Fsp3) is 0.318. The number of fused-ring (bicyclic) bond motifs is 1. The molecule has 1 amide bonds. The Morgan fingerprint density at radius 2 is 1.70 bits per heavy atom. The Bertz CT molecular complexity index is 1000. The molecule has 1 fully saturated rings. The molecule has 1 heterocycles. The lowest BCUT2D eigenvalue weighted by atomic mass is 9.95. The number of nitrogens with one attached hydrogen (secondary N) is 1. The van der Waals surface area contributed by atoms with Crippen LogP contribution in [0.1, 0.15) is 32.1 Å². The fourth-order valence-corrected chi connectivity index (χ4v) is 3.79. The molecule has 5 heteroatoms. The molecule has 0 saturated heterocycles. The number of carbonyl (C=O) groups excluding carboxylic acids is 1. The van der Waals surface area contributed by atoms with E-state index in [4.69, 9.17) is 0 Å². The van der Waals surface area contributed by atoms with Crippen LogP contribution in [0.4, 0.5) is 0 Å². The molecule has 0 aliphatic heterocycles. The second-order valence-electron chi connectivity index (χ2n) is 7.11. The number of amides is 1. The number of rotatable bonds is 4. The molecule has 5 nitrogen and oxygen atoms in total. The summed E-state index contributed by atoms with van der Waals surface area (Å²) in [6, 6.07) is 17.0. The topological polar surface area (TPSA) is 64.0 Å². The lowest BCUT2D eigenvalue weighted by molar-refractivity contribution is -0.122. The Labute approximate surface area is 158 Å². The summed E-state index contributed by atoms with van der Waals surface area (Å²) in [5.41, 5.74) is 1.29. The molecule has 0 bridgehead atoms. The number of hydrogen-bond acceptors (Lipinski definition) is 3. The first-order valence-corrected chi connectivity index (χ1v) is 9.57. The van der Waals surface area contributed by atoms with Crippen LogP contribution >= 0.6 is 0 Å². The number of nitrogens with zero attached hydrogens (tertiary/aromatic N) is 2. The first kappa shape index (κ1) is 17.5. The molecule has 4 rings (SSSR count). The fourth-order valence-electron chi connectivity index (χ4n) is 3.79. The third kappa shape index (κ3) is 3.77. The summed E-state index contributed by atoms with van der Waals surface area (Å²) in [5, 5.41) is 3.63. The maximum Gasteiger partial charge on any atom is 0.262 e. The van der Waals surface area contributed by atoms with Gasteiger partial charge in [-0.3, -0.25) is 14.2 Å². The van der Waals surface area contributed by atoms with E-state index >= 15 is 0 Å². The molecule has 1 aromatic heterocycles. The van der Waals surface area contributed by atoms with E-state index < -0.39 is 0 Å². The van der Waals surface area contributed by atoms with E-state index in [1.54, 1.807) is 6.07 Å². The minimum absolute atomic E-state index is 0.0165. The monoisotopic (exact) mass is 361 g/mol. The molecule has 1 aliphatic carbocycles. The lowest BCUT2D eigenvalue weighted by Crippen LogP contribution is -2.40. The van der Waals surface area contributed by atoms with Crippen molar-refractivity contribution >= 4 is 16.8 Å². The predicted molar refractivity (Wildman–Crippen MR) is 106 cm³/mol. The first-order valence-electron chi connectivity index (χ1n) is 9.57. The Balaban J connectivity index is 1.72. The van der Waals surface area contributed by atoms with E-state index in [2.05, 4.69) is 10.3 Å². The zero-order valence-corrected chi connectivity index (χ0v) is 15.2. The second kappa shape index (κ2) is 7.74. The summed E-state index contributed by atoms with van der Waals surface area (Å²) in [5.74, 6) is 0.399. The van der Waals surface area contributed by atoms with Crippen molar-refractivity contribution in [2.24, 2.45) is 0 Å². The van der Waals surface area contributed by atoms with Crippen LogP contribution in [0, 0.1) is 0 Å². The van der Waals surface area contributed by atoms with Crippen molar-refractivity contribution in [2.45, 2.75) is 44.7 Å². The van der Waals surface area contributed by atoms with E-state index in [0.717, 1.165) is 31.2 Å². The molecule has 1 saturated carbocycles. The van der Waals surface area contributed by atoms with Crippen LogP contribution in [-0.4, -0.2) is 21.5 Å². The van der Waals surface area contributed by atoms with Crippen molar-refractivity contribution in [3.8, 4) is 11.4 Å². The highest BCUT2D eigenvalue weighted by Crippen LogP contribution is 2.20. The van der Waals surface area contributed by atoms with Crippen molar-refractivity contribution < 1.29 is 4.79 Å². The van der Waals surface area contributed by atoms with Gasteiger partial charge in [-0.15, -0.1) is 0 Å². The average molecular weight is 361 g/mol. The average Bonchev–Trinajstić information content (AvgIpc) is 2.71. The van der Waals surface area contributed by atoms with E-state index in [1.807, 2.05) is 48.5 Å². The van der Waals surface area contributed by atoms with Crippen molar-refractivity contribution in [3.05, 3.63) is 65.0 Å². The lowest BCUT2D eigenvalue weighted by Gasteiger charge is -2.23. The standard InChI is InChI=1S/C22H23N3O2/c26-20(23-17-11-5-2-6-12-17)15-25-21(16-9-3-1-4-10-16)24-19-14-8-7-13-18(19)22(25)27/h1,3-4,7-10,13-14,17H,2,5-6,11-12,15H2,(H,23,26). The highest BCUT2D eigenvalue weighted by atomic mass is 16.2. The molecule has 2 aromatic carbocycles. The van der Waals surface area contributed by atoms with Crippen LogP contribution in [-0.2, 0) is 11.3 Å². The quantitative estimate of drug-likeness (QED) is 0.773. The van der Waals surface area contributed by atoms with E-state index in [1.165, 1.54) is 11.0 Å². The summed E-state index contributed by atoms with van der Waals surface area (Å²) >= 11 is 0. The molecule has 0 radical (unpaired) electrons. The van der Waals surface area contributed by atoms with Gasteiger partial charge in [0.25, 0.3) is 5.56 Å². The van der Waals surface area contributed by atoms with E-state index in [0.29, 0.717) is 16.7 Å². The second-order valence-corrected chi connectivity index (χ2v) is 7.11. The first-order chi connectivity index (χ1) is 13.2. The van der Waals surface area contributed by atoms with Crippen molar-refractivity contribution in [3.63, 3.8) is 0 Å². The van der Waals surface area contributed by atoms with Gasteiger partial charge >= 0.3 is 0 Å². The number of para-hydroxylation sites is 1. The number of aromatic nitrogens is 2. The van der Waals surface area contributed by atoms with Crippen LogP contribution < -0.4 is 10.9 Å². The Hall–Kier alpha value is -2.95. The van der Waals surface area contributed by atoms with Crippen LogP contribution in [0.3, 0.4) is 0 Å². The third-order valence-corrected chi connectivity index (χ3v) is 5.17. The maximum absolute atomic E-state index is 13.1.